The van der Waals surface area contributed by atoms with E-state index in [1.54, 1.807) is 24.5 Å². The number of aromatic nitrogens is 4. The van der Waals surface area contributed by atoms with E-state index in [1.807, 2.05) is 0 Å². The molecule has 1 aromatic carbocycles. The fourth-order valence-electron chi connectivity index (χ4n) is 3.08. The van der Waals surface area contributed by atoms with Crippen molar-refractivity contribution in [3.05, 3.63) is 69.1 Å². The zero-order valence-electron chi connectivity index (χ0n) is 13.8. The first kappa shape index (κ1) is 16.7. The summed E-state index contributed by atoms with van der Waals surface area (Å²) in [6.45, 7) is 1.87. The highest BCUT2D eigenvalue weighted by Crippen LogP contribution is 2.25. The molecule has 0 atom stereocenters. The molecular weight excluding hydrogens is 354 g/mol. The van der Waals surface area contributed by atoms with Crippen LogP contribution in [0.15, 0.2) is 41.7 Å². The minimum atomic E-state index is -0.143. The van der Waals surface area contributed by atoms with Crippen LogP contribution < -0.4 is 5.56 Å². The monoisotopic (exact) mass is 369 g/mol. The molecule has 0 unspecified atom stereocenters. The second-order valence-corrected chi connectivity index (χ2v) is 6.61. The number of aromatic amines is 1. The molecule has 2 N–H and O–H groups in total. The van der Waals surface area contributed by atoms with Gasteiger partial charge in [0.1, 0.15) is 17.9 Å². The summed E-state index contributed by atoms with van der Waals surface area (Å²) in [4.78, 5) is 30.0. The topological polar surface area (TPSA) is 95.0 Å². The molecule has 1 aliphatic rings. The predicted molar refractivity (Wildman–Crippen MR) is 96.8 cm³/mol. The lowest BCUT2D eigenvalue weighted by Gasteiger charge is -2.28. The lowest BCUT2D eigenvalue weighted by molar-refractivity contribution is 0.242. The van der Waals surface area contributed by atoms with Crippen LogP contribution in [0.25, 0.3) is 11.4 Å². The molecule has 0 bridgehead atoms. The number of rotatable bonds is 3. The van der Waals surface area contributed by atoms with Gasteiger partial charge >= 0.3 is 0 Å². The van der Waals surface area contributed by atoms with E-state index in [1.165, 1.54) is 12.4 Å². The molecule has 0 aliphatic carbocycles. The van der Waals surface area contributed by atoms with E-state index in [2.05, 4.69) is 24.8 Å². The maximum absolute atomic E-state index is 12.5. The van der Waals surface area contributed by atoms with Crippen molar-refractivity contribution in [2.24, 2.45) is 0 Å². The van der Waals surface area contributed by atoms with E-state index in [0.29, 0.717) is 41.5 Å². The third-order valence-electron chi connectivity index (χ3n) is 4.41. The number of benzene rings is 1. The van der Waals surface area contributed by atoms with Crippen LogP contribution in [0.2, 0.25) is 5.02 Å². The van der Waals surface area contributed by atoms with Crippen LogP contribution in [0.5, 0.6) is 5.75 Å². The fraction of sp³-hybridized carbons (Fsp3) is 0.222. The van der Waals surface area contributed by atoms with E-state index in [-0.39, 0.29) is 11.3 Å². The summed E-state index contributed by atoms with van der Waals surface area (Å²) in [6.07, 6.45) is 5.36. The van der Waals surface area contributed by atoms with Crippen molar-refractivity contribution in [1.29, 1.82) is 0 Å². The van der Waals surface area contributed by atoms with Gasteiger partial charge in [0, 0.05) is 43.5 Å². The van der Waals surface area contributed by atoms with Gasteiger partial charge in [0.2, 0.25) is 0 Å². The average Bonchev–Trinajstić information content (AvgIpc) is 2.65. The zero-order valence-corrected chi connectivity index (χ0v) is 14.6. The number of phenols is 1. The van der Waals surface area contributed by atoms with Gasteiger partial charge < -0.3 is 10.1 Å². The number of phenolic OH excluding ortho intramolecular Hbond substituents is 1. The van der Waals surface area contributed by atoms with Crippen LogP contribution >= 0.6 is 11.6 Å². The first-order valence-corrected chi connectivity index (χ1v) is 8.55. The number of hydrogen-bond acceptors (Lipinski definition) is 6. The van der Waals surface area contributed by atoms with Crippen LogP contribution in [-0.4, -0.2) is 36.5 Å². The van der Waals surface area contributed by atoms with Crippen LogP contribution in [0.4, 0.5) is 0 Å². The molecule has 0 spiro atoms. The predicted octanol–water partition coefficient (Wildman–Crippen LogP) is 2.14. The minimum Gasteiger partial charge on any atom is -0.508 e. The summed E-state index contributed by atoms with van der Waals surface area (Å²) in [7, 11) is 0. The average molecular weight is 370 g/mol. The van der Waals surface area contributed by atoms with Crippen molar-refractivity contribution in [3.63, 3.8) is 0 Å². The van der Waals surface area contributed by atoms with Gasteiger partial charge in [-0.25, -0.2) is 15.0 Å². The zero-order chi connectivity index (χ0) is 18.1. The molecule has 26 heavy (non-hydrogen) atoms. The number of H-pyrrole nitrogens is 1. The van der Waals surface area contributed by atoms with Gasteiger partial charge in [-0.1, -0.05) is 17.7 Å². The molecule has 3 aromatic rings. The Labute approximate surface area is 154 Å². The number of nitrogens with zero attached hydrogens (tertiary/aromatic N) is 4. The molecule has 0 amide bonds. The van der Waals surface area contributed by atoms with E-state index in [9.17, 15) is 9.90 Å². The van der Waals surface area contributed by atoms with Crippen LogP contribution in [0.1, 0.15) is 16.8 Å². The molecule has 8 heteroatoms. The number of aromatic hydroxyl groups is 1. The van der Waals surface area contributed by atoms with Gasteiger partial charge in [-0.05, 0) is 17.7 Å². The Hall–Kier alpha value is -2.77. The molecule has 0 radical (unpaired) electrons. The molecule has 132 valence electrons. The molecule has 0 saturated heterocycles. The maximum Gasteiger partial charge on any atom is 0.255 e. The Morgan fingerprint density at radius 2 is 2.08 bits per heavy atom. The molecule has 7 nitrogen and oxygen atoms in total. The van der Waals surface area contributed by atoms with Gasteiger partial charge in [0.15, 0.2) is 0 Å². The molecular formula is C18H16ClN5O2. The highest BCUT2D eigenvalue weighted by atomic mass is 35.5. The molecule has 0 saturated carbocycles. The second-order valence-electron chi connectivity index (χ2n) is 6.20. The van der Waals surface area contributed by atoms with Crippen LogP contribution in [0.3, 0.4) is 0 Å². The summed E-state index contributed by atoms with van der Waals surface area (Å²) >= 11 is 6.19. The Bertz CT molecular complexity index is 1010. The van der Waals surface area contributed by atoms with Crippen LogP contribution in [0, 0.1) is 0 Å². The molecule has 0 fully saturated rings. The van der Waals surface area contributed by atoms with Crippen molar-refractivity contribution in [2.75, 3.05) is 6.54 Å². The summed E-state index contributed by atoms with van der Waals surface area (Å²) in [5.74, 6) is 0.630. The molecule has 2 aromatic heterocycles. The standard InChI is InChI=1S/C18H16ClN5O2/c19-15-5-13(25)2-1-11(15)8-24-4-3-16-14(9-24)18(26)23-17(22-16)12-6-20-10-21-7-12/h1-2,5-7,10,25H,3-4,8-9H2,(H,22,23,26). The van der Waals surface area contributed by atoms with E-state index < -0.39 is 0 Å². The number of nitrogens with one attached hydrogen (secondary N) is 1. The van der Waals surface area contributed by atoms with Crippen molar-refractivity contribution in [3.8, 4) is 17.1 Å². The highest BCUT2D eigenvalue weighted by Gasteiger charge is 2.22. The van der Waals surface area contributed by atoms with Gasteiger partial charge in [-0.3, -0.25) is 9.69 Å². The first-order chi connectivity index (χ1) is 12.6. The Balaban J connectivity index is 1.58. The van der Waals surface area contributed by atoms with Crippen LogP contribution in [-0.2, 0) is 19.5 Å². The third-order valence-corrected chi connectivity index (χ3v) is 4.76. The largest absolute Gasteiger partial charge is 0.508 e. The normalized spacial score (nSPS) is 14.2. The Morgan fingerprint density at radius 3 is 2.85 bits per heavy atom. The fourth-order valence-corrected chi connectivity index (χ4v) is 3.31. The number of hydrogen-bond donors (Lipinski definition) is 2. The Morgan fingerprint density at radius 1 is 1.27 bits per heavy atom. The summed E-state index contributed by atoms with van der Waals surface area (Å²) in [5, 5.41) is 9.99. The van der Waals surface area contributed by atoms with Gasteiger partial charge in [-0.15, -0.1) is 0 Å². The van der Waals surface area contributed by atoms with E-state index in [0.717, 1.165) is 17.8 Å². The Kier molecular flexibility index (Phi) is 4.40. The smallest absolute Gasteiger partial charge is 0.255 e. The quantitative estimate of drug-likeness (QED) is 0.734. The lowest BCUT2D eigenvalue weighted by Crippen LogP contribution is -2.35. The summed E-state index contributed by atoms with van der Waals surface area (Å²) in [6, 6.07) is 4.94. The van der Waals surface area contributed by atoms with Crippen molar-refractivity contribution < 1.29 is 5.11 Å². The van der Waals surface area contributed by atoms with Crippen molar-refractivity contribution in [1.82, 2.24) is 24.8 Å². The third kappa shape index (κ3) is 3.31. The number of fused-ring (bicyclic) bond motifs is 1. The molecule has 3 heterocycles. The van der Waals surface area contributed by atoms with Gasteiger partial charge in [-0.2, -0.15) is 0 Å². The lowest BCUT2D eigenvalue weighted by atomic mass is 10.1. The van der Waals surface area contributed by atoms with Crippen molar-refractivity contribution >= 4 is 11.6 Å². The number of halogens is 1. The molecule has 4 rings (SSSR count). The van der Waals surface area contributed by atoms with Crippen molar-refractivity contribution in [2.45, 2.75) is 19.5 Å². The van der Waals surface area contributed by atoms with Gasteiger partial charge in [0.05, 0.1) is 16.8 Å². The summed E-state index contributed by atoms with van der Waals surface area (Å²) in [5.41, 5.74) is 2.93. The van der Waals surface area contributed by atoms with Gasteiger partial charge in [0.25, 0.3) is 5.56 Å². The van der Waals surface area contributed by atoms with E-state index >= 15 is 0 Å². The SMILES string of the molecule is O=c1[nH]c(-c2cncnc2)nc2c1CN(Cc1ccc(O)cc1Cl)CC2. The second kappa shape index (κ2) is 6.86. The first-order valence-electron chi connectivity index (χ1n) is 8.17. The van der Waals surface area contributed by atoms with E-state index in [4.69, 9.17) is 11.6 Å². The maximum atomic E-state index is 12.5. The summed E-state index contributed by atoms with van der Waals surface area (Å²) < 4.78 is 0. The molecule has 1 aliphatic heterocycles. The highest BCUT2D eigenvalue weighted by molar-refractivity contribution is 6.31. The minimum absolute atomic E-state index is 0.140.